The van der Waals surface area contributed by atoms with E-state index in [-0.39, 0.29) is 0 Å². The van der Waals surface area contributed by atoms with E-state index in [4.69, 9.17) is 24.4 Å². The van der Waals surface area contributed by atoms with Crippen molar-refractivity contribution in [3.8, 4) is 0 Å². The van der Waals surface area contributed by atoms with Crippen molar-refractivity contribution in [1.82, 2.24) is 0 Å². The van der Waals surface area contributed by atoms with Gasteiger partial charge in [0.15, 0.2) is 0 Å². The number of halogens is 2. The Morgan fingerprint density at radius 3 is 1.86 bits per heavy atom. The summed E-state index contributed by atoms with van der Waals surface area (Å²) in [5.41, 5.74) is 10.9. The fourth-order valence-corrected chi connectivity index (χ4v) is 13.7. The standard InChI is InChI=1S/C24H35N2.C15H10.2ClH.Ru/c1-18-15-19(2)23(20(3)16-18)24-25-17-22(26-24)21-13-11-9-7-5-4-6-8-10-12-14-21;1-2-6-12(7-3-1)15-11-10-13-8-4-5-9-14(13)15;;;/h15-17,21H,4-14H2,1-3H3;1-9,11H;2*1H;/q-1;;;;+4/p-2. The van der Waals surface area contributed by atoms with E-state index in [0.29, 0.717) is 5.92 Å². The molecule has 0 amide bonds. The Bertz CT molecular complexity index is 1730. The second kappa shape index (κ2) is 14.0. The number of fused-ring (bicyclic) bond motifs is 1. The number of allylic oxidation sites excluding steroid dienone is 2. The molecule has 0 aromatic heterocycles. The third-order valence-electron chi connectivity index (χ3n) is 9.39. The van der Waals surface area contributed by atoms with Gasteiger partial charge >= 0.3 is 276 Å². The van der Waals surface area contributed by atoms with Gasteiger partial charge in [0.1, 0.15) is 0 Å². The van der Waals surface area contributed by atoms with Gasteiger partial charge in [0.2, 0.25) is 0 Å². The first-order chi connectivity index (χ1) is 21.4. The zero-order valence-electron chi connectivity index (χ0n) is 26.4. The van der Waals surface area contributed by atoms with E-state index in [1.54, 1.807) is 0 Å². The van der Waals surface area contributed by atoms with Gasteiger partial charge in [0.25, 0.3) is 0 Å². The van der Waals surface area contributed by atoms with E-state index >= 15 is 0 Å². The Hall–Kier alpha value is -2.32. The van der Waals surface area contributed by atoms with Gasteiger partial charge in [0.05, 0.1) is 0 Å². The summed E-state index contributed by atoms with van der Waals surface area (Å²) in [5, 5.41) is 0. The number of hydrogen-bond donors (Lipinski definition) is 0. The van der Waals surface area contributed by atoms with Crippen molar-refractivity contribution in [2.45, 2.75) is 91.4 Å². The summed E-state index contributed by atoms with van der Waals surface area (Å²) in [6.07, 6.45) is 18.6. The van der Waals surface area contributed by atoms with Gasteiger partial charge in [-0.05, 0) is 0 Å². The maximum absolute atomic E-state index is 7.96. The summed E-state index contributed by atoms with van der Waals surface area (Å²) >= 11 is -3.82. The van der Waals surface area contributed by atoms with Crippen LogP contribution in [0.3, 0.4) is 0 Å². The zero-order valence-corrected chi connectivity index (χ0v) is 29.6. The molecule has 0 bridgehead atoms. The zero-order chi connectivity index (χ0) is 30.7. The molecule has 1 fully saturated rings. The minimum atomic E-state index is -3.82. The molecular weight excluding hydrogens is 668 g/mol. The molecule has 0 radical (unpaired) electrons. The fourth-order valence-electron chi connectivity index (χ4n) is 7.29. The van der Waals surface area contributed by atoms with Crippen LogP contribution in [0.4, 0.5) is 0 Å². The van der Waals surface area contributed by atoms with Crippen LogP contribution in [0.15, 0.2) is 89.7 Å². The summed E-state index contributed by atoms with van der Waals surface area (Å²) in [5.74, 6) is 1.33. The summed E-state index contributed by atoms with van der Waals surface area (Å²) in [6.45, 7) is 6.56. The molecule has 2 aliphatic carbocycles. The Kier molecular flexibility index (Phi) is 10.1. The molecule has 2 nitrogen and oxygen atoms in total. The SMILES string of the molecule is Cc1cc(C)c(C2=NC=C(C3CCCCCCCCCCC3)[N+]2=[Ru]([Cl])([Cl])=[C]2C=C(c3ccccc3)c3ccccc32)c(C)c1. The van der Waals surface area contributed by atoms with Crippen LogP contribution >= 0.6 is 19.4 Å². The van der Waals surface area contributed by atoms with Gasteiger partial charge in [-0.3, -0.25) is 0 Å². The van der Waals surface area contributed by atoms with Crippen LogP contribution in [0.1, 0.15) is 110 Å². The van der Waals surface area contributed by atoms with Gasteiger partial charge < -0.3 is 0 Å². The number of amidine groups is 1. The first-order valence-corrected chi connectivity index (χ1v) is 22.5. The normalized spacial score (nSPS) is 19.1. The molecule has 1 aliphatic heterocycles. The van der Waals surface area contributed by atoms with Crippen molar-refractivity contribution < 1.29 is 15.4 Å². The minimum absolute atomic E-state index is 0.398. The second-order valence-corrected chi connectivity index (χ2v) is 21.7. The van der Waals surface area contributed by atoms with E-state index in [0.717, 1.165) is 28.3 Å². The van der Waals surface area contributed by atoms with Crippen LogP contribution in [0.5, 0.6) is 0 Å². The third-order valence-corrected chi connectivity index (χ3v) is 16.1. The maximum atomic E-state index is 7.96. The summed E-state index contributed by atoms with van der Waals surface area (Å²) < 4.78 is 3.45. The number of aliphatic imine (C=N–C) groups is 1. The predicted molar refractivity (Wildman–Crippen MR) is 186 cm³/mol. The Morgan fingerprint density at radius 2 is 1.25 bits per heavy atom. The molecule has 3 aromatic rings. The van der Waals surface area contributed by atoms with Crippen LogP contribution in [0.2, 0.25) is 0 Å². The van der Waals surface area contributed by atoms with Crippen molar-refractivity contribution in [3.63, 3.8) is 0 Å². The molecule has 232 valence electrons. The second-order valence-electron chi connectivity index (χ2n) is 12.7. The van der Waals surface area contributed by atoms with Crippen molar-refractivity contribution in [2.24, 2.45) is 10.9 Å². The van der Waals surface area contributed by atoms with Crippen LogP contribution in [0.25, 0.3) is 5.57 Å². The van der Waals surface area contributed by atoms with Crippen LogP contribution in [-0.2, 0) is 12.2 Å². The number of nitrogens with zero attached hydrogens (tertiary/aromatic N) is 2. The number of benzene rings is 3. The molecule has 0 unspecified atom stereocenters. The van der Waals surface area contributed by atoms with Crippen molar-refractivity contribution in [1.29, 1.82) is 0 Å². The third kappa shape index (κ3) is 6.49. The van der Waals surface area contributed by atoms with Gasteiger partial charge in [-0.15, -0.1) is 0 Å². The van der Waals surface area contributed by atoms with E-state index in [2.05, 4.69) is 103 Å². The molecule has 0 spiro atoms. The molecule has 3 aromatic carbocycles. The van der Waals surface area contributed by atoms with E-state index < -0.39 is 12.2 Å². The number of aryl methyl sites for hydroxylation is 3. The van der Waals surface area contributed by atoms with E-state index in [1.807, 2.05) is 0 Å². The fraction of sp³-hybridized carbons (Fsp3) is 0.385. The quantitative estimate of drug-likeness (QED) is 0.240. The first kappa shape index (κ1) is 31.7. The summed E-state index contributed by atoms with van der Waals surface area (Å²) in [6, 6.07) is 23.8. The number of rotatable bonds is 3. The Morgan fingerprint density at radius 1 is 0.705 bits per heavy atom. The Labute approximate surface area is 274 Å². The average molecular weight is 714 g/mol. The van der Waals surface area contributed by atoms with Gasteiger partial charge in [0, 0.05) is 0 Å². The van der Waals surface area contributed by atoms with Crippen molar-refractivity contribution >= 4 is 34.9 Å². The molecule has 0 saturated heterocycles. The monoisotopic (exact) mass is 713 g/mol. The van der Waals surface area contributed by atoms with Crippen molar-refractivity contribution in [2.75, 3.05) is 0 Å². The average Bonchev–Trinajstić information content (AvgIpc) is 3.61. The molecule has 1 saturated carbocycles. The molecule has 44 heavy (non-hydrogen) atoms. The number of hydrogen-bond acceptors (Lipinski definition) is 1. The summed E-state index contributed by atoms with van der Waals surface area (Å²) in [4.78, 5) is 5.22. The van der Waals surface area contributed by atoms with Crippen molar-refractivity contribution in [3.05, 3.63) is 124 Å². The molecule has 3 aliphatic rings. The van der Waals surface area contributed by atoms with Gasteiger partial charge in [-0.2, -0.15) is 0 Å². The van der Waals surface area contributed by atoms with Gasteiger partial charge in [-0.25, -0.2) is 0 Å². The molecule has 0 N–H and O–H groups in total. The predicted octanol–water partition coefficient (Wildman–Crippen LogP) is 11.5. The van der Waals surface area contributed by atoms with E-state index in [9.17, 15) is 0 Å². The molecule has 0 atom stereocenters. The first-order valence-electron chi connectivity index (χ1n) is 16.4. The van der Waals surface area contributed by atoms with E-state index in [1.165, 1.54) is 102 Å². The molecule has 6 rings (SSSR count). The van der Waals surface area contributed by atoms with Crippen LogP contribution < -0.4 is 0 Å². The van der Waals surface area contributed by atoms with Gasteiger partial charge in [-0.1, -0.05) is 0 Å². The summed E-state index contributed by atoms with van der Waals surface area (Å²) in [7, 11) is 15.9. The molecular formula is C39H45Cl2N2Ru+. The van der Waals surface area contributed by atoms with Crippen LogP contribution in [-0.4, -0.2) is 13.2 Å². The Balaban J connectivity index is 1.58. The topological polar surface area (TPSA) is 15.4 Å². The van der Waals surface area contributed by atoms with Crippen LogP contribution in [0, 0.1) is 26.7 Å². The molecule has 1 heterocycles. The molecule has 5 heteroatoms.